The van der Waals surface area contributed by atoms with Gasteiger partial charge in [-0.05, 0) is 54.8 Å². The number of hydrogen-bond donors (Lipinski definition) is 3. The van der Waals surface area contributed by atoms with Crippen LogP contribution in [0.25, 0.3) is 5.69 Å². The largest absolute Gasteiger partial charge is 0.398 e. The number of amides is 1. The predicted molar refractivity (Wildman–Crippen MR) is 111 cm³/mol. The van der Waals surface area contributed by atoms with Crippen LogP contribution in [0.15, 0.2) is 48.7 Å². The number of hydrogen-bond acceptors (Lipinski definition) is 4. The zero-order valence-corrected chi connectivity index (χ0v) is 16.4. The predicted octanol–water partition coefficient (Wildman–Crippen LogP) is 3.12. The fraction of sp³-hybridized carbons (Fsp3) is 0.238. The second-order valence-corrected chi connectivity index (χ2v) is 7.01. The smallest absolute Gasteiger partial charge is 0.251 e. The summed E-state index contributed by atoms with van der Waals surface area (Å²) < 4.78 is 1.78. The summed E-state index contributed by atoms with van der Waals surface area (Å²) in [6.07, 6.45) is 3.16. The van der Waals surface area contributed by atoms with Gasteiger partial charge in [0.05, 0.1) is 22.1 Å². The molecule has 146 valence electrons. The number of nitrogens with two attached hydrogens (primary N) is 1. The molecule has 0 radical (unpaired) electrons. The molecule has 1 amide bonds. The molecule has 0 bridgehead atoms. The lowest BCUT2D eigenvalue weighted by Crippen LogP contribution is -2.25. The Morgan fingerprint density at radius 2 is 2.11 bits per heavy atom. The Kier molecular flexibility index (Phi) is 6.34. The van der Waals surface area contributed by atoms with Crippen molar-refractivity contribution in [2.75, 3.05) is 18.9 Å². The molecule has 0 atom stereocenters. The van der Waals surface area contributed by atoms with Crippen molar-refractivity contribution in [1.29, 1.82) is 0 Å². The van der Waals surface area contributed by atoms with Crippen molar-refractivity contribution in [3.05, 3.63) is 76.1 Å². The summed E-state index contributed by atoms with van der Waals surface area (Å²) >= 11 is 6.11. The number of aliphatic hydroxyl groups excluding tert-OH is 1. The molecule has 0 unspecified atom stereocenters. The highest BCUT2D eigenvalue weighted by molar-refractivity contribution is 6.33. The summed E-state index contributed by atoms with van der Waals surface area (Å²) in [6.45, 7) is 2.47. The molecule has 0 fully saturated rings. The number of rotatable bonds is 7. The Morgan fingerprint density at radius 1 is 1.29 bits per heavy atom. The Morgan fingerprint density at radius 3 is 2.86 bits per heavy atom. The van der Waals surface area contributed by atoms with Crippen LogP contribution >= 0.6 is 11.6 Å². The van der Waals surface area contributed by atoms with Crippen LogP contribution in [0.4, 0.5) is 5.69 Å². The molecule has 1 aromatic heterocycles. The number of halogens is 1. The lowest BCUT2D eigenvalue weighted by molar-refractivity contribution is 0.0951. The van der Waals surface area contributed by atoms with Gasteiger partial charge in [-0.15, -0.1) is 0 Å². The number of nitrogen functional groups attached to an aromatic ring is 1. The number of aromatic nitrogens is 2. The van der Waals surface area contributed by atoms with Crippen LogP contribution in [0, 0.1) is 6.92 Å². The Hall–Kier alpha value is -2.83. The molecule has 3 rings (SSSR count). The van der Waals surface area contributed by atoms with E-state index >= 15 is 0 Å². The molecule has 1 heterocycles. The van der Waals surface area contributed by atoms with Crippen molar-refractivity contribution >= 4 is 23.2 Å². The van der Waals surface area contributed by atoms with Gasteiger partial charge in [0.2, 0.25) is 0 Å². The molecule has 0 aliphatic rings. The maximum Gasteiger partial charge on any atom is 0.251 e. The molecular weight excluding hydrogens is 376 g/mol. The minimum absolute atomic E-state index is 0.0583. The Balaban J connectivity index is 1.77. The van der Waals surface area contributed by atoms with E-state index in [0.717, 1.165) is 22.5 Å². The van der Waals surface area contributed by atoms with E-state index in [1.807, 2.05) is 37.4 Å². The van der Waals surface area contributed by atoms with E-state index in [1.165, 1.54) is 0 Å². The number of benzene rings is 2. The van der Waals surface area contributed by atoms with Gasteiger partial charge in [0.25, 0.3) is 5.91 Å². The standard InChI is InChI=1S/C21H23ClN4O2/c1-14-17(13-26(25-14)18-6-7-20(23)19(22)12-18)11-15-4-2-5-16(10-15)21(28)24-8-3-9-27/h2,4-7,10,12-13,27H,3,8-9,11,23H2,1H3,(H,24,28). The highest BCUT2D eigenvalue weighted by Crippen LogP contribution is 2.23. The van der Waals surface area contributed by atoms with Crippen LogP contribution in [0.1, 0.15) is 33.6 Å². The van der Waals surface area contributed by atoms with Gasteiger partial charge in [-0.25, -0.2) is 4.68 Å². The topological polar surface area (TPSA) is 93.2 Å². The van der Waals surface area contributed by atoms with Gasteiger partial charge in [0, 0.05) is 31.3 Å². The van der Waals surface area contributed by atoms with Crippen LogP contribution in [0.5, 0.6) is 0 Å². The normalized spacial score (nSPS) is 10.8. The first-order valence-corrected chi connectivity index (χ1v) is 9.44. The summed E-state index contributed by atoms with van der Waals surface area (Å²) in [4.78, 5) is 12.2. The van der Waals surface area contributed by atoms with Gasteiger partial charge in [0.15, 0.2) is 0 Å². The Bertz CT molecular complexity index is 984. The highest BCUT2D eigenvalue weighted by Gasteiger charge is 2.11. The molecule has 4 N–H and O–H groups in total. The van der Waals surface area contributed by atoms with E-state index in [0.29, 0.717) is 35.7 Å². The molecule has 0 spiro atoms. The van der Waals surface area contributed by atoms with Gasteiger partial charge in [-0.2, -0.15) is 5.10 Å². The van der Waals surface area contributed by atoms with Crippen molar-refractivity contribution < 1.29 is 9.90 Å². The Labute approximate surface area is 168 Å². The number of carbonyl (C=O) groups is 1. The minimum atomic E-state index is -0.140. The zero-order valence-electron chi connectivity index (χ0n) is 15.7. The molecule has 0 aliphatic carbocycles. The fourth-order valence-corrected chi connectivity index (χ4v) is 3.06. The molecule has 6 nitrogen and oxygen atoms in total. The molecule has 7 heteroatoms. The first-order chi connectivity index (χ1) is 13.5. The average Bonchev–Trinajstić information content (AvgIpc) is 3.04. The van der Waals surface area contributed by atoms with Crippen molar-refractivity contribution in [2.24, 2.45) is 0 Å². The molecule has 28 heavy (non-hydrogen) atoms. The van der Waals surface area contributed by atoms with Crippen LogP contribution in [-0.2, 0) is 6.42 Å². The summed E-state index contributed by atoms with van der Waals surface area (Å²) in [7, 11) is 0. The molecule has 3 aromatic rings. The van der Waals surface area contributed by atoms with E-state index < -0.39 is 0 Å². The van der Waals surface area contributed by atoms with Crippen LogP contribution < -0.4 is 11.1 Å². The third-order valence-electron chi connectivity index (χ3n) is 4.45. The number of carbonyl (C=O) groups excluding carboxylic acids is 1. The van der Waals surface area contributed by atoms with Gasteiger partial charge in [-0.1, -0.05) is 23.7 Å². The van der Waals surface area contributed by atoms with E-state index in [-0.39, 0.29) is 12.5 Å². The van der Waals surface area contributed by atoms with Crippen LogP contribution in [0.3, 0.4) is 0 Å². The number of nitrogens with one attached hydrogen (secondary N) is 1. The molecule has 0 aliphatic heterocycles. The SMILES string of the molecule is Cc1nn(-c2ccc(N)c(Cl)c2)cc1Cc1cccc(C(=O)NCCCO)c1. The molecule has 2 aromatic carbocycles. The maximum atomic E-state index is 12.2. The second-order valence-electron chi connectivity index (χ2n) is 6.60. The lowest BCUT2D eigenvalue weighted by atomic mass is 10.0. The van der Waals surface area contributed by atoms with Crippen LogP contribution in [-0.4, -0.2) is 33.9 Å². The number of aryl methyl sites for hydroxylation is 1. The number of aliphatic hydroxyl groups is 1. The van der Waals surface area contributed by atoms with Crippen molar-refractivity contribution in [3.63, 3.8) is 0 Å². The third-order valence-corrected chi connectivity index (χ3v) is 4.78. The zero-order chi connectivity index (χ0) is 20.1. The molecule has 0 saturated heterocycles. The third kappa shape index (κ3) is 4.71. The van der Waals surface area contributed by atoms with Crippen molar-refractivity contribution in [3.8, 4) is 5.69 Å². The first-order valence-electron chi connectivity index (χ1n) is 9.06. The second kappa shape index (κ2) is 8.91. The first kappa shape index (κ1) is 19.9. The molecule has 0 saturated carbocycles. The summed E-state index contributed by atoms with van der Waals surface area (Å²) in [5, 5.41) is 16.7. The fourth-order valence-electron chi connectivity index (χ4n) is 2.89. The van der Waals surface area contributed by atoms with Gasteiger partial charge < -0.3 is 16.2 Å². The van der Waals surface area contributed by atoms with Crippen molar-refractivity contribution in [1.82, 2.24) is 15.1 Å². The summed E-state index contributed by atoms with van der Waals surface area (Å²) in [5.74, 6) is -0.140. The highest BCUT2D eigenvalue weighted by atomic mass is 35.5. The number of nitrogens with zero attached hydrogens (tertiary/aromatic N) is 2. The number of anilines is 1. The van der Waals surface area contributed by atoms with Gasteiger partial charge >= 0.3 is 0 Å². The monoisotopic (exact) mass is 398 g/mol. The van der Waals surface area contributed by atoms with Crippen LogP contribution in [0.2, 0.25) is 5.02 Å². The lowest BCUT2D eigenvalue weighted by Gasteiger charge is -2.06. The minimum Gasteiger partial charge on any atom is -0.398 e. The van der Waals surface area contributed by atoms with E-state index in [2.05, 4.69) is 10.4 Å². The van der Waals surface area contributed by atoms with E-state index in [4.69, 9.17) is 22.4 Å². The van der Waals surface area contributed by atoms with Gasteiger partial charge in [0.1, 0.15) is 0 Å². The van der Waals surface area contributed by atoms with E-state index in [9.17, 15) is 4.79 Å². The molecular formula is C21H23ClN4O2. The van der Waals surface area contributed by atoms with E-state index in [1.54, 1.807) is 22.9 Å². The summed E-state index contributed by atoms with van der Waals surface area (Å²) in [6, 6.07) is 12.9. The van der Waals surface area contributed by atoms with Gasteiger partial charge in [-0.3, -0.25) is 4.79 Å². The van der Waals surface area contributed by atoms with Crippen molar-refractivity contribution in [2.45, 2.75) is 19.8 Å². The maximum absolute atomic E-state index is 12.2. The quantitative estimate of drug-likeness (QED) is 0.421. The summed E-state index contributed by atoms with van der Waals surface area (Å²) in [5.41, 5.74) is 10.7. The average molecular weight is 399 g/mol.